The summed E-state index contributed by atoms with van der Waals surface area (Å²) in [6, 6.07) is 17.2. The van der Waals surface area contributed by atoms with E-state index in [1.807, 2.05) is 44.4 Å². The molecule has 1 aromatic heterocycles. The minimum atomic E-state index is -0.764. The first-order valence-electron chi connectivity index (χ1n) is 14.7. The number of nitrogens with zero attached hydrogens (tertiary/aromatic N) is 3. The normalized spacial score (nSPS) is 21.6. The predicted octanol–water partition coefficient (Wildman–Crippen LogP) is 7.92. The highest BCUT2D eigenvalue weighted by Gasteiger charge is 2.41. The fourth-order valence-corrected chi connectivity index (χ4v) is 8.15. The third kappa shape index (κ3) is 9.38. The minimum Gasteiger partial charge on any atom is -0.480 e. The van der Waals surface area contributed by atoms with Crippen molar-refractivity contribution < 1.29 is 14.3 Å². The highest BCUT2D eigenvalue weighted by molar-refractivity contribution is 7.11. The Morgan fingerprint density at radius 2 is 1.77 bits per heavy atom. The van der Waals surface area contributed by atoms with Crippen molar-refractivity contribution in [3.63, 3.8) is 0 Å². The molecule has 10 heteroatoms. The van der Waals surface area contributed by atoms with Gasteiger partial charge in [-0.15, -0.1) is 48.6 Å². The van der Waals surface area contributed by atoms with E-state index in [4.69, 9.17) is 4.98 Å². The van der Waals surface area contributed by atoms with Crippen molar-refractivity contribution in [1.29, 1.82) is 0 Å². The van der Waals surface area contributed by atoms with Crippen molar-refractivity contribution >= 4 is 54.5 Å². The van der Waals surface area contributed by atoms with Gasteiger partial charge in [0.1, 0.15) is 11.9 Å². The smallest absolute Gasteiger partial charge is 0.321 e. The molecule has 1 aliphatic carbocycles. The molecule has 0 amide bonds. The van der Waals surface area contributed by atoms with E-state index in [0.717, 1.165) is 57.3 Å². The van der Waals surface area contributed by atoms with Crippen LogP contribution in [0.5, 0.6) is 0 Å². The van der Waals surface area contributed by atoms with E-state index in [2.05, 4.69) is 40.3 Å². The van der Waals surface area contributed by atoms with Crippen LogP contribution >= 0.6 is 48.6 Å². The van der Waals surface area contributed by atoms with Gasteiger partial charge in [-0.2, -0.15) is 0 Å². The standard InChI is InChI=1S/C33H42FN3O2S.3ClH/c1-22(2)32(33(38)39)36(3)28-18-26(29(19-28)25-10-7-11-27(34)17-25)21-37-14-12-24(13-15-37)30-20-35-31(40-30)16-23-8-5-4-6-9-23;;;/h4-11,17,20,22,24,26,28-29,32H,12-16,18-19,21H2,1-3H3,(H,38,39);3*1H/t26?,28?,29?,32-;;;/m1.../s1. The molecule has 5 rings (SSSR count). The van der Waals surface area contributed by atoms with Crippen molar-refractivity contribution in [3.05, 3.63) is 87.6 Å². The monoisotopic (exact) mass is 671 g/mol. The Morgan fingerprint density at radius 3 is 2.40 bits per heavy atom. The minimum absolute atomic E-state index is 0. The molecular weight excluding hydrogens is 628 g/mol. The van der Waals surface area contributed by atoms with Gasteiger partial charge in [-0.1, -0.05) is 56.3 Å². The summed E-state index contributed by atoms with van der Waals surface area (Å²) < 4.78 is 14.2. The summed E-state index contributed by atoms with van der Waals surface area (Å²) in [7, 11) is 1.96. The van der Waals surface area contributed by atoms with Gasteiger partial charge in [-0.05, 0) is 92.8 Å². The topological polar surface area (TPSA) is 56.7 Å². The zero-order valence-corrected chi connectivity index (χ0v) is 28.4. The number of carboxylic acid groups (broad SMARTS) is 1. The van der Waals surface area contributed by atoms with E-state index in [9.17, 15) is 14.3 Å². The number of carbonyl (C=O) groups is 1. The van der Waals surface area contributed by atoms with Gasteiger partial charge in [0.2, 0.25) is 0 Å². The lowest BCUT2D eigenvalue weighted by molar-refractivity contribution is -0.145. The van der Waals surface area contributed by atoms with Crippen LogP contribution in [0.15, 0.2) is 60.8 Å². The highest BCUT2D eigenvalue weighted by atomic mass is 35.5. The second-order valence-corrected chi connectivity index (χ2v) is 13.3. The van der Waals surface area contributed by atoms with E-state index < -0.39 is 12.0 Å². The molecule has 2 fully saturated rings. The summed E-state index contributed by atoms with van der Waals surface area (Å²) in [5, 5.41) is 11.1. The Morgan fingerprint density at radius 1 is 1.07 bits per heavy atom. The molecule has 1 aliphatic heterocycles. The number of halogens is 4. The van der Waals surface area contributed by atoms with Crippen molar-refractivity contribution in [2.75, 3.05) is 26.7 Å². The number of piperidine rings is 1. The maximum Gasteiger partial charge on any atom is 0.321 e. The average molecular weight is 673 g/mol. The first-order chi connectivity index (χ1) is 19.3. The summed E-state index contributed by atoms with van der Waals surface area (Å²) in [6.07, 6.45) is 7.04. The van der Waals surface area contributed by atoms with Gasteiger partial charge < -0.3 is 10.0 Å². The van der Waals surface area contributed by atoms with E-state index in [0.29, 0.717) is 11.8 Å². The maximum atomic E-state index is 14.2. The molecule has 1 saturated carbocycles. The third-order valence-electron chi connectivity index (χ3n) is 9.10. The molecule has 2 aromatic carbocycles. The van der Waals surface area contributed by atoms with Crippen LogP contribution in [0.4, 0.5) is 4.39 Å². The number of likely N-dealkylation sites (N-methyl/N-ethyl adjacent to an activating group) is 1. The molecule has 0 radical (unpaired) electrons. The van der Waals surface area contributed by atoms with Crippen LogP contribution in [0.1, 0.15) is 72.4 Å². The van der Waals surface area contributed by atoms with Crippen LogP contribution in [-0.4, -0.2) is 64.6 Å². The van der Waals surface area contributed by atoms with Gasteiger partial charge >= 0.3 is 5.97 Å². The lowest BCUT2D eigenvalue weighted by Crippen LogP contribution is -2.47. The lowest BCUT2D eigenvalue weighted by Gasteiger charge is -2.35. The quantitative estimate of drug-likeness (QED) is 0.237. The van der Waals surface area contributed by atoms with E-state index >= 15 is 0 Å². The van der Waals surface area contributed by atoms with Crippen LogP contribution in [-0.2, 0) is 11.2 Å². The molecule has 5 nitrogen and oxygen atoms in total. The molecule has 43 heavy (non-hydrogen) atoms. The van der Waals surface area contributed by atoms with Gasteiger partial charge in [0.05, 0.1) is 5.01 Å². The molecular formula is C33H45Cl3FN3O2S. The van der Waals surface area contributed by atoms with Crippen molar-refractivity contribution in [2.45, 2.75) is 69.9 Å². The largest absolute Gasteiger partial charge is 0.480 e. The Kier molecular flexibility index (Phi) is 14.9. The Hall–Kier alpha value is -1.74. The zero-order chi connectivity index (χ0) is 28.2. The molecule has 3 aromatic rings. The SMILES string of the molecule is CC(C)[C@H](C(=O)O)N(C)C1CC(CN2CCC(c3cnc(Cc4ccccc4)s3)CC2)C(c2cccc(F)c2)C1.Cl.Cl.Cl. The van der Waals surface area contributed by atoms with Crippen molar-refractivity contribution in [3.8, 4) is 0 Å². The number of thiazole rings is 1. The molecule has 4 atom stereocenters. The zero-order valence-electron chi connectivity index (χ0n) is 25.1. The molecule has 1 saturated heterocycles. The van der Waals surface area contributed by atoms with Crippen molar-refractivity contribution in [2.24, 2.45) is 11.8 Å². The van der Waals surface area contributed by atoms with Crippen LogP contribution in [0.3, 0.4) is 0 Å². The number of likely N-dealkylation sites (tertiary alicyclic amines) is 1. The van der Waals surface area contributed by atoms with Gasteiger partial charge in [0.15, 0.2) is 0 Å². The van der Waals surface area contributed by atoms with E-state index in [1.165, 1.54) is 21.5 Å². The molecule has 2 heterocycles. The predicted molar refractivity (Wildman–Crippen MR) is 181 cm³/mol. The first kappa shape index (κ1) is 37.4. The van der Waals surface area contributed by atoms with E-state index in [1.54, 1.807) is 12.1 Å². The Bertz CT molecular complexity index is 1270. The summed E-state index contributed by atoms with van der Waals surface area (Å²) in [4.78, 5) is 22.9. The number of rotatable bonds is 10. The number of hydrogen-bond donors (Lipinski definition) is 1. The van der Waals surface area contributed by atoms with Crippen LogP contribution in [0, 0.1) is 17.7 Å². The Labute approximate surface area is 278 Å². The van der Waals surface area contributed by atoms with Gasteiger partial charge in [0, 0.05) is 30.1 Å². The van der Waals surface area contributed by atoms with Crippen molar-refractivity contribution in [1.82, 2.24) is 14.8 Å². The number of aromatic nitrogens is 1. The number of benzene rings is 2. The molecule has 3 unspecified atom stereocenters. The lowest BCUT2D eigenvalue weighted by atomic mass is 9.87. The van der Waals surface area contributed by atoms with Gasteiger partial charge in [0.25, 0.3) is 0 Å². The molecule has 0 bridgehead atoms. The number of carboxylic acids is 1. The average Bonchev–Trinajstić information content (AvgIpc) is 3.57. The third-order valence-corrected chi connectivity index (χ3v) is 10.3. The number of hydrogen-bond acceptors (Lipinski definition) is 5. The molecule has 1 N–H and O–H groups in total. The summed E-state index contributed by atoms with van der Waals surface area (Å²) in [5.41, 5.74) is 2.34. The first-order valence-corrected chi connectivity index (χ1v) is 15.5. The van der Waals surface area contributed by atoms with Gasteiger partial charge in [-0.3, -0.25) is 9.69 Å². The second kappa shape index (κ2) is 17.1. The van der Waals surface area contributed by atoms with Crippen LogP contribution in [0.2, 0.25) is 0 Å². The summed E-state index contributed by atoms with van der Waals surface area (Å²) in [5.74, 6) is 0.212. The summed E-state index contributed by atoms with van der Waals surface area (Å²) in [6.45, 7) is 7.02. The molecule has 2 aliphatic rings. The fourth-order valence-electron chi connectivity index (χ4n) is 7.03. The van der Waals surface area contributed by atoms with E-state index in [-0.39, 0.29) is 60.9 Å². The molecule has 0 spiro atoms. The van der Waals surface area contributed by atoms with Crippen LogP contribution in [0.25, 0.3) is 0 Å². The maximum absolute atomic E-state index is 14.2. The number of aliphatic carboxylic acids is 1. The fraction of sp³-hybridized carbons (Fsp3) is 0.515. The van der Waals surface area contributed by atoms with Crippen LogP contribution < -0.4 is 0 Å². The molecule has 238 valence electrons. The highest BCUT2D eigenvalue weighted by Crippen LogP contribution is 2.44. The Balaban J connectivity index is 0.00000215. The second-order valence-electron chi connectivity index (χ2n) is 12.1. The van der Waals surface area contributed by atoms with Gasteiger partial charge in [-0.25, -0.2) is 9.37 Å². The summed E-state index contributed by atoms with van der Waals surface area (Å²) >= 11 is 1.86.